The summed E-state index contributed by atoms with van der Waals surface area (Å²) in [6, 6.07) is 7.41. The van der Waals surface area contributed by atoms with Crippen LogP contribution >= 0.6 is 22.7 Å². The highest BCUT2D eigenvalue weighted by Crippen LogP contribution is 2.24. The molecule has 0 unspecified atom stereocenters. The Kier molecular flexibility index (Phi) is 4.59. The average Bonchev–Trinajstić information content (AvgIpc) is 3.28. The highest BCUT2D eigenvalue weighted by Gasteiger charge is 2.10. The zero-order valence-corrected chi connectivity index (χ0v) is 15.5. The van der Waals surface area contributed by atoms with Gasteiger partial charge in [-0.1, -0.05) is 0 Å². The van der Waals surface area contributed by atoms with Gasteiger partial charge in [-0.2, -0.15) is 11.3 Å². The molecule has 1 aromatic carbocycles. The molecular weight excluding hydrogens is 366 g/mol. The summed E-state index contributed by atoms with van der Waals surface area (Å²) in [4.78, 5) is 25.4. The maximum Gasteiger partial charge on any atom is 0.319 e. The third kappa shape index (κ3) is 3.56. The molecule has 0 aliphatic heterocycles. The second-order valence-electron chi connectivity index (χ2n) is 5.59. The number of fused-ring (bicyclic) bond motifs is 1. The van der Waals surface area contributed by atoms with Crippen LogP contribution in [0.3, 0.4) is 0 Å². The van der Waals surface area contributed by atoms with Crippen molar-refractivity contribution >= 4 is 44.6 Å². The number of nitrogens with zero attached hydrogens (tertiary/aromatic N) is 3. The number of thiophene rings is 1. The average molecular weight is 381 g/mol. The lowest BCUT2D eigenvalue weighted by Gasteiger charge is -2.09. The highest BCUT2D eigenvalue weighted by molar-refractivity contribution is 7.18. The third-order valence-corrected chi connectivity index (χ3v) is 5.37. The predicted molar refractivity (Wildman–Crippen MR) is 106 cm³/mol. The predicted octanol–water partition coefficient (Wildman–Crippen LogP) is 4.44. The van der Waals surface area contributed by atoms with Crippen LogP contribution in [-0.2, 0) is 6.54 Å². The van der Waals surface area contributed by atoms with Gasteiger partial charge in [0.25, 0.3) is 0 Å². The Morgan fingerprint density at radius 1 is 1.19 bits per heavy atom. The van der Waals surface area contributed by atoms with Gasteiger partial charge in [0, 0.05) is 29.0 Å². The van der Waals surface area contributed by atoms with Gasteiger partial charge < -0.3 is 10.6 Å². The molecule has 0 spiro atoms. The van der Waals surface area contributed by atoms with Gasteiger partial charge in [0.2, 0.25) is 0 Å². The topological polar surface area (TPSA) is 79.8 Å². The number of aromatic nitrogens is 3. The van der Waals surface area contributed by atoms with Crippen LogP contribution in [0.15, 0.2) is 47.4 Å². The number of anilines is 1. The monoisotopic (exact) mass is 381 g/mol. The van der Waals surface area contributed by atoms with Gasteiger partial charge >= 0.3 is 6.03 Å². The number of amides is 2. The van der Waals surface area contributed by atoms with Crippen LogP contribution in [-0.4, -0.2) is 21.0 Å². The summed E-state index contributed by atoms with van der Waals surface area (Å²) in [7, 11) is 0. The zero-order chi connectivity index (χ0) is 17.9. The quantitative estimate of drug-likeness (QED) is 0.547. The number of hydrogen-bond donors (Lipinski definition) is 2. The zero-order valence-electron chi connectivity index (χ0n) is 13.9. The van der Waals surface area contributed by atoms with Crippen molar-refractivity contribution < 1.29 is 4.79 Å². The van der Waals surface area contributed by atoms with Crippen LogP contribution < -0.4 is 10.6 Å². The van der Waals surface area contributed by atoms with Crippen LogP contribution in [0.1, 0.15) is 10.7 Å². The molecule has 130 valence electrons. The van der Waals surface area contributed by atoms with E-state index in [1.54, 1.807) is 35.1 Å². The first-order chi connectivity index (χ1) is 12.7. The van der Waals surface area contributed by atoms with Crippen LogP contribution in [0.2, 0.25) is 0 Å². The largest absolute Gasteiger partial charge is 0.332 e. The van der Waals surface area contributed by atoms with Crippen LogP contribution in [0.25, 0.3) is 21.5 Å². The van der Waals surface area contributed by atoms with E-state index in [-0.39, 0.29) is 6.03 Å². The molecule has 0 aliphatic carbocycles. The minimum atomic E-state index is -0.293. The first-order valence-corrected chi connectivity index (χ1v) is 9.69. The number of carbonyl (C=O) groups is 1. The van der Waals surface area contributed by atoms with Crippen molar-refractivity contribution in [1.29, 1.82) is 0 Å². The molecule has 3 heterocycles. The molecular formula is C18H15N5OS2. The molecule has 0 saturated carbocycles. The van der Waals surface area contributed by atoms with Crippen molar-refractivity contribution in [2.24, 2.45) is 0 Å². The normalized spacial score (nSPS) is 10.8. The van der Waals surface area contributed by atoms with Crippen molar-refractivity contribution in [3.63, 3.8) is 0 Å². The molecule has 6 nitrogen and oxygen atoms in total. The van der Waals surface area contributed by atoms with E-state index in [0.717, 1.165) is 32.2 Å². The molecule has 0 bridgehead atoms. The first-order valence-electron chi connectivity index (χ1n) is 7.93. The maximum atomic E-state index is 12.2. The molecule has 26 heavy (non-hydrogen) atoms. The first kappa shape index (κ1) is 16.6. The van der Waals surface area contributed by atoms with Crippen LogP contribution in [0.4, 0.5) is 10.5 Å². The van der Waals surface area contributed by atoms with E-state index in [0.29, 0.717) is 12.2 Å². The molecule has 3 aromatic heterocycles. The van der Waals surface area contributed by atoms with E-state index < -0.39 is 0 Å². The number of aryl methyl sites for hydroxylation is 1. The Labute approximate surface area is 158 Å². The van der Waals surface area contributed by atoms with Crippen molar-refractivity contribution in [2.75, 3.05) is 5.32 Å². The number of benzene rings is 1. The van der Waals surface area contributed by atoms with Gasteiger partial charge in [0.05, 0.1) is 33.2 Å². The number of thiazole rings is 1. The fraction of sp³-hybridized carbons (Fsp3) is 0.111. The van der Waals surface area contributed by atoms with E-state index in [4.69, 9.17) is 0 Å². The van der Waals surface area contributed by atoms with E-state index in [1.807, 2.05) is 41.9 Å². The summed E-state index contributed by atoms with van der Waals surface area (Å²) in [5.41, 5.74) is 4.11. The number of carbonyl (C=O) groups excluding carboxylic acids is 1. The van der Waals surface area contributed by atoms with Crippen molar-refractivity contribution in [1.82, 2.24) is 20.3 Å². The Morgan fingerprint density at radius 3 is 2.92 bits per heavy atom. The van der Waals surface area contributed by atoms with Gasteiger partial charge in [-0.3, -0.25) is 9.97 Å². The summed E-state index contributed by atoms with van der Waals surface area (Å²) in [6.07, 6.45) is 3.28. The third-order valence-electron chi connectivity index (χ3n) is 3.74. The van der Waals surface area contributed by atoms with Gasteiger partial charge in [-0.15, -0.1) is 11.3 Å². The van der Waals surface area contributed by atoms with E-state index >= 15 is 0 Å². The summed E-state index contributed by atoms with van der Waals surface area (Å²) in [5, 5.41) is 10.7. The fourth-order valence-corrected chi connectivity index (χ4v) is 4.04. The lowest BCUT2D eigenvalue weighted by molar-refractivity contribution is 0.251. The number of hydrogen-bond acceptors (Lipinski definition) is 6. The van der Waals surface area contributed by atoms with Gasteiger partial charge in [-0.05, 0) is 36.6 Å². The van der Waals surface area contributed by atoms with E-state index in [9.17, 15) is 4.79 Å². The molecule has 0 atom stereocenters. The number of nitrogens with one attached hydrogen (secondary N) is 2. The molecule has 0 radical (unpaired) electrons. The number of urea groups is 1. The molecule has 2 N–H and O–H groups in total. The Hall–Kier alpha value is -2.84. The Bertz CT molecular complexity index is 1060. The molecule has 2 amide bonds. The molecule has 4 aromatic rings. The van der Waals surface area contributed by atoms with E-state index in [2.05, 4.69) is 25.6 Å². The number of rotatable bonds is 4. The summed E-state index contributed by atoms with van der Waals surface area (Å²) in [6.45, 7) is 2.26. The maximum absolute atomic E-state index is 12.2. The molecule has 0 saturated heterocycles. The molecule has 0 fully saturated rings. The van der Waals surface area contributed by atoms with Crippen LogP contribution in [0, 0.1) is 6.92 Å². The molecule has 8 heteroatoms. The van der Waals surface area contributed by atoms with Gasteiger partial charge in [0.15, 0.2) is 0 Å². The van der Waals surface area contributed by atoms with Crippen molar-refractivity contribution in [3.05, 3.63) is 58.1 Å². The summed E-state index contributed by atoms with van der Waals surface area (Å²) in [5.74, 6) is 0. The summed E-state index contributed by atoms with van der Waals surface area (Å²) >= 11 is 3.23. The Balaban J connectivity index is 1.44. The lowest BCUT2D eigenvalue weighted by Crippen LogP contribution is -2.28. The van der Waals surface area contributed by atoms with Crippen molar-refractivity contribution in [3.8, 4) is 11.3 Å². The second kappa shape index (κ2) is 7.19. The lowest BCUT2D eigenvalue weighted by atomic mass is 10.2. The minimum absolute atomic E-state index is 0.293. The molecule has 0 aliphatic rings. The van der Waals surface area contributed by atoms with Crippen LogP contribution in [0.5, 0.6) is 0 Å². The highest BCUT2D eigenvalue weighted by atomic mass is 32.1. The fourth-order valence-electron chi connectivity index (χ4n) is 2.60. The van der Waals surface area contributed by atoms with Gasteiger partial charge in [-0.25, -0.2) is 9.78 Å². The van der Waals surface area contributed by atoms with Crippen molar-refractivity contribution in [2.45, 2.75) is 13.5 Å². The standard InChI is InChI=1S/C18H15N5OS2/c1-11-22-14-8-13(2-3-16(14)26-11)23-18(24)21-9-15-17(20-6-5-19-15)12-4-7-25-10-12/h2-8,10H,9H2,1H3,(H2,21,23,24). The second-order valence-corrected chi connectivity index (χ2v) is 7.60. The minimum Gasteiger partial charge on any atom is -0.332 e. The summed E-state index contributed by atoms with van der Waals surface area (Å²) < 4.78 is 1.11. The van der Waals surface area contributed by atoms with E-state index in [1.165, 1.54) is 0 Å². The molecule has 4 rings (SSSR count). The van der Waals surface area contributed by atoms with Gasteiger partial charge in [0.1, 0.15) is 0 Å². The SMILES string of the molecule is Cc1nc2cc(NC(=O)NCc3nccnc3-c3ccsc3)ccc2s1. The Morgan fingerprint density at radius 2 is 2.08 bits per heavy atom. The smallest absolute Gasteiger partial charge is 0.319 e.